The molecule has 0 aliphatic rings. The van der Waals surface area contributed by atoms with Crippen LogP contribution in [0.2, 0.25) is 0 Å². The standard InChI is InChI=1S/C13H7F3N2/c14-13(15,16)11-5-6-12(18-8-11)10-3-1-9(7-17)2-4-10/h1-6,8H. The van der Waals surface area contributed by atoms with Crippen molar-refractivity contribution in [2.24, 2.45) is 0 Å². The predicted octanol–water partition coefficient (Wildman–Crippen LogP) is 3.64. The molecule has 0 unspecified atom stereocenters. The van der Waals surface area contributed by atoms with Crippen LogP contribution in [0.1, 0.15) is 11.1 Å². The van der Waals surface area contributed by atoms with E-state index < -0.39 is 11.7 Å². The minimum Gasteiger partial charge on any atom is -0.256 e. The molecular weight excluding hydrogens is 241 g/mol. The lowest BCUT2D eigenvalue weighted by atomic mass is 10.1. The molecule has 0 aliphatic carbocycles. The molecule has 1 aromatic heterocycles. The molecule has 0 aliphatic heterocycles. The number of aromatic nitrogens is 1. The van der Waals surface area contributed by atoms with E-state index in [1.165, 1.54) is 6.07 Å². The monoisotopic (exact) mass is 248 g/mol. The summed E-state index contributed by atoms with van der Waals surface area (Å²) < 4.78 is 37.0. The van der Waals surface area contributed by atoms with Crippen molar-refractivity contribution >= 4 is 0 Å². The van der Waals surface area contributed by atoms with E-state index in [9.17, 15) is 13.2 Å². The van der Waals surface area contributed by atoms with Crippen molar-refractivity contribution in [2.45, 2.75) is 6.18 Å². The van der Waals surface area contributed by atoms with Crippen LogP contribution in [0.5, 0.6) is 0 Å². The second-order valence-corrected chi connectivity index (χ2v) is 3.62. The summed E-state index contributed by atoms with van der Waals surface area (Å²) >= 11 is 0. The Morgan fingerprint density at radius 1 is 1.00 bits per heavy atom. The highest BCUT2D eigenvalue weighted by Crippen LogP contribution is 2.29. The van der Waals surface area contributed by atoms with Gasteiger partial charge in [-0.05, 0) is 24.3 Å². The Bertz CT molecular complexity index is 578. The summed E-state index contributed by atoms with van der Waals surface area (Å²) in [5.74, 6) is 0. The number of nitriles is 1. The smallest absolute Gasteiger partial charge is 0.256 e. The quantitative estimate of drug-likeness (QED) is 0.772. The summed E-state index contributed by atoms with van der Waals surface area (Å²) in [6, 6.07) is 10.7. The lowest BCUT2D eigenvalue weighted by molar-refractivity contribution is -0.137. The first-order valence-corrected chi connectivity index (χ1v) is 5.04. The number of nitrogens with zero attached hydrogens (tertiary/aromatic N) is 2. The Morgan fingerprint density at radius 3 is 2.11 bits per heavy atom. The molecule has 0 saturated heterocycles. The topological polar surface area (TPSA) is 36.7 Å². The summed E-state index contributed by atoms with van der Waals surface area (Å²) in [5, 5.41) is 8.63. The van der Waals surface area contributed by atoms with Crippen LogP contribution in [0, 0.1) is 11.3 Å². The van der Waals surface area contributed by atoms with Crippen LogP contribution in [-0.4, -0.2) is 4.98 Å². The maximum Gasteiger partial charge on any atom is 0.417 e. The van der Waals surface area contributed by atoms with Gasteiger partial charge in [-0.2, -0.15) is 18.4 Å². The van der Waals surface area contributed by atoms with Crippen LogP contribution in [0.15, 0.2) is 42.6 Å². The van der Waals surface area contributed by atoms with Gasteiger partial charge in [-0.1, -0.05) is 12.1 Å². The molecule has 2 rings (SSSR count). The first-order chi connectivity index (χ1) is 8.50. The number of hydrogen-bond acceptors (Lipinski definition) is 2. The zero-order valence-electron chi connectivity index (χ0n) is 9.07. The summed E-state index contributed by atoms with van der Waals surface area (Å²) in [7, 11) is 0. The number of halogens is 3. The van der Waals surface area contributed by atoms with Gasteiger partial charge in [0.2, 0.25) is 0 Å². The summed E-state index contributed by atoms with van der Waals surface area (Å²) in [4.78, 5) is 3.77. The van der Waals surface area contributed by atoms with Gasteiger partial charge in [-0.3, -0.25) is 4.98 Å². The highest BCUT2D eigenvalue weighted by molar-refractivity contribution is 5.60. The van der Waals surface area contributed by atoms with E-state index in [-0.39, 0.29) is 0 Å². The van der Waals surface area contributed by atoms with Gasteiger partial charge in [-0.25, -0.2) is 0 Å². The van der Waals surface area contributed by atoms with Crippen LogP contribution in [0.3, 0.4) is 0 Å². The van der Waals surface area contributed by atoms with E-state index in [1.54, 1.807) is 24.3 Å². The molecule has 0 radical (unpaired) electrons. The van der Waals surface area contributed by atoms with Gasteiger partial charge in [0.1, 0.15) is 0 Å². The second kappa shape index (κ2) is 4.49. The highest BCUT2D eigenvalue weighted by atomic mass is 19.4. The van der Waals surface area contributed by atoms with Crippen molar-refractivity contribution in [3.05, 3.63) is 53.7 Å². The van der Waals surface area contributed by atoms with Crippen molar-refractivity contribution in [3.8, 4) is 17.3 Å². The number of hydrogen-bond donors (Lipinski definition) is 0. The largest absolute Gasteiger partial charge is 0.417 e. The third-order valence-corrected chi connectivity index (χ3v) is 2.40. The van der Waals surface area contributed by atoms with Gasteiger partial charge in [0, 0.05) is 11.8 Å². The van der Waals surface area contributed by atoms with E-state index in [2.05, 4.69) is 4.98 Å². The van der Waals surface area contributed by atoms with Gasteiger partial charge < -0.3 is 0 Å². The minimum absolute atomic E-state index is 0.437. The van der Waals surface area contributed by atoms with E-state index in [0.717, 1.165) is 12.3 Å². The first kappa shape index (κ1) is 12.1. The van der Waals surface area contributed by atoms with Gasteiger partial charge >= 0.3 is 6.18 Å². The Morgan fingerprint density at radius 2 is 1.67 bits per heavy atom. The van der Waals surface area contributed by atoms with E-state index in [1.807, 2.05) is 6.07 Å². The van der Waals surface area contributed by atoms with Crippen LogP contribution in [0.25, 0.3) is 11.3 Å². The minimum atomic E-state index is -4.38. The van der Waals surface area contributed by atoms with Gasteiger partial charge in [0.15, 0.2) is 0 Å². The summed E-state index contributed by atoms with van der Waals surface area (Å²) in [5.41, 5.74) is 0.820. The molecule has 18 heavy (non-hydrogen) atoms. The third kappa shape index (κ3) is 2.48. The Hall–Kier alpha value is -2.35. The van der Waals surface area contributed by atoms with Crippen LogP contribution in [-0.2, 0) is 6.18 Å². The molecule has 1 aromatic carbocycles. The van der Waals surface area contributed by atoms with Gasteiger partial charge in [-0.15, -0.1) is 0 Å². The normalized spacial score (nSPS) is 11.0. The summed E-state index contributed by atoms with van der Waals surface area (Å²) in [6.45, 7) is 0. The fraction of sp³-hybridized carbons (Fsp3) is 0.0769. The zero-order valence-corrected chi connectivity index (χ0v) is 9.07. The molecule has 0 fully saturated rings. The SMILES string of the molecule is N#Cc1ccc(-c2ccc(C(F)(F)F)cn2)cc1. The van der Waals surface area contributed by atoms with Crippen molar-refractivity contribution < 1.29 is 13.2 Å². The summed E-state index contributed by atoms with van der Waals surface area (Å²) in [6.07, 6.45) is -3.58. The molecule has 0 atom stereocenters. The fourth-order valence-corrected chi connectivity index (χ4v) is 1.45. The lowest BCUT2D eigenvalue weighted by Crippen LogP contribution is -2.05. The Kier molecular flexibility index (Phi) is 3.02. The van der Waals surface area contributed by atoms with Crippen LogP contribution in [0.4, 0.5) is 13.2 Å². The van der Waals surface area contributed by atoms with Crippen LogP contribution < -0.4 is 0 Å². The van der Waals surface area contributed by atoms with Crippen molar-refractivity contribution in [1.29, 1.82) is 5.26 Å². The van der Waals surface area contributed by atoms with Crippen LogP contribution >= 0.6 is 0 Å². The maximum absolute atomic E-state index is 12.3. The number of rotatable bonds is 1. The average molecular weight is 248 g/mol. The Balaban J connectivity index is 2.32. The fourth-order valence-electron chi connectivity index (χ4n) is 1.45. The zero-order chi connectivity index (χ0) is 13.2. The molecular formula is C13H7F3N2. The Labute approximate surface area is 101 Å². The molecule has 0 N–H and O–H groups in total. The lowest BCUT2D eigenvalue weighted by Gasteiger charge is -2.06. The van der Waals surface area contributed by atoms with Gasteiger partial charge in [0.05, 0.1) is 22.9 Å². The number of benzene rings is 1. The molecule has 90 valence electrons. The van der Waals surface area contributed by atoms with Crippen molar-refractivity contribution in [3.63, 3.8) is 0 Å². The second-order valence-electron chi connectivity index (χ2n) is 3.62. The molecule has 1 heterocycles. The van der Waals surface area contributed by atoms with E-state index in [0.29, 0.717) is 16.8 Å². The van der Waals surface area contributed by atoms with Crippen molar-refractivity contribution in [2.75, 3.05) is 0 Å². The molecule has 2 nitrogen and oxygen atoms in total. The predicted molar refractivity (Wildman–Crippen MR) is 59.4 cm³/mol. The molecule has 0 amide bonds. The molecule has 5 heteroatoms. The van der Waals surface area contributed by atoms with E-state index >= 15 is 0 Å². The maximum atomic E-state index is 12.3. The molecule has 0 spiro atoms. The molecule has 0 saturated carbocycles. The highest BCUT2D eigenvalue weighted by Gasteiger charge is 2.30. The third-order valence-electron chi connectivity index (χ3n) is 2.40. The van der Waals surface area contributed by atoms with Gasteiger partial charge in [0.25, 0.3) is 0 Å². The van der Waals surface area contributed by atoms with Crippen molar-refractivity contribution in [1.82, 2.24) is 4.98 Å². The molecule has 0 bridgehead atoms. The first-order valence-electron chi connectivity index (χ1n) is 5.04. The average Bonchev–Trinajstić information content (AvgIpc) is 2.38. The van der Waals surface area contributed by atoms with E-state index in [4.69, 9.17) is 5.26 Å². The number of pyridine rings is 1. The number of alkyl halides is 3. The molecule has 2 aromatic rings.